The Labute approximate surface area is 145 Å². The fourth-order valence-corrected chi connectivity index (χ4v) is 3.01. The molecule has 0 aliphatic carbocycles. The summed E-state index contributed by atoms with van der Waals surface area (Å²) in [5.41, 5.74) is 5.97. The second-order valence-corrected chi connectivity index (χ2v) is 6.37. The van der Waals surface area contributed by atoms with Crippen LogP contribution in [0.25, 0.3) is 0 Å². The summed E-state index contributed by atoms with van der Waals surface area (Å²) in [7, 11) is 0. The van der Waals surface area contributed by atoms with E-state index in [9.17, 15) is 4.79 Å². The molecule has 0 aliphatic rings. The van der Waals surface area contributed by atoms with Crippen molar-refractivity contribution in [1.29, 1.82) is 0 Å². The van der Waals surface area contributed by atoms with Gasteiger partial charge in [0.25, 0.3) is 5.91 Å². The van der Waals surface area contributed by atoms with Crippen LogP contribution in [-0.4, -0.2) is 11.6 Å². The minimum Gasteiger partial charge on any atom is -0.266 e. The van der Waals surface area contributed by atoms with Crippen LogP contribution >= 0.6 is 11.3 Å². The second kappa shape index (κ2) is 8.22. The number of thiophene rings is 1. The monoisotopic (exact) mass is 334 g/mol. The van der Waals surface area contributed by atoms with Crippen molar-refractivity contribution in [1.82, 2.24) is 5.43 Å². The molecule has 3 rings (SSSR count). The molecule has 1 aromatic heterocycles. The van der Waals surface area contributed by atoms with Gasteiger partial charge in [-0.05, 0) is 22.6 Å². The molecule has 3 nitrogen and oxygen atoms in total. The van der Waals surface area contributed by atoms with Crippen LogP contribution in [0, 0.1) is 0 Å². The Bertz CT molecular complexity index is 753. The number of nitrogens with zero attached hydrogens (tertiary/aromatic N) is 1. The van der Waals surface area contributed by atoms with Gasteiger partial charge in [-0.1, -0.05) is 66.7 Å². The molecule has 2 aromatic carbocycles. The number of hydrogen-bond acceptors (Lipinski definition) is 3. The van der Waals surface area contributed by atoms with Gasteiger partial charge >= 0.3 is 0 Å². The van der Waals surface area contributed by atoms with Gasteiger partial charge < -0.3 is 0 Å². The van der Waals surface area contributed by atoms with Crippen molar-refractivity contribution in [3.05, 3.63) is 94.2 Å². The molecule has 24 heavy (non-hydrogen) atoms. The van der Waals surface area contributed by atoms with Crippen molar-refractivity contribution in [2.24, 2.45) is 5.10 Å². The molecule has 0 spiro atoms. The van der Waals surface area contributed by atoms with Gasteiger partial charge in [0.15, 0.2) is 0 Å². The van der Waals surface area contributed by atoms with Crippen LogP contribution < -0.4 is 5.43 Å². The Balaban J connectivity index is 1.75. The molecule has 0 radical (unpaired) electrons. The van der Waals surface area contributed by atoms with Crippen LogP contribution in [0.3, 0.4) is 0 Å². The van der Waals surface area contributed by atoms with Gasteiger partial charge in [-0.15, -0.1) is 11.3 Å². The number of hydrazone groups is 1. The normalized spacial score (nSPS) is 10.2. The van der Waals surface area contributed by atoms with Gasteiger partial charge in [-0.2, -0.15) is 5.10 Å². The average Bonchev–Trinajstić information content (AvgIpc) is 3.16. The first-order valence-corrected chi connectivity index (χ1v) is 8.66. The van der Waals surface area contributed by atoms with Gasteiger partial charge in [-0.3, -0.25) is 4.79 Å². The van der Waals surface area contributed by atoms with E-state index >= 15 is 0 Å². The average molecular weight is 334 g/mol. The maximum atomic E-state index is 12.1. The lowest BCUT2D eigenvalue weighted by atomic mass is 10.0. The molecular formula is C20H18N2OS. The predicted molar refractivity (Wildman–Crippen MR) is 99.5 cm³/mol. The molecule has 0 fully saturated rings. The quantitative estimate of drug-likeness (QED) is 0.529. The number of amides is 1. The van der Waals surface area contributed by atoms with E-state index in [0.717, 1.165) is 5.71 Å². The minimum absolute atomic E-state index is 0.163. The van der Waals surface area contributed by atoms with Gasteiger partial charge in [0.1, 0.15) is 0 Å². The number of carbonyl (C=O) groups is 1. The molecule has 3 aromatic rings. The Morgan fingerprint density at radius 2 is 1.42 bits per heavy atom. The fourth-order valence-electron chi connectivity index (χ4n) is 2.40. The highest BCUT2D eigenvalue weighted by atomic mass is 32.1. The fraction of sp³-hybridized carbons (Fsp3) is 0.100. The van der Waals surface area contributed by atoms with Crippen molar-refractivity contribution in [2.45, 2.75) is 12.8 Å². The van der Waals surface area contributed by atoms with E-state index in [0.29, 0.717) is 17.7 Å². The first-order chi connectivity index (χ1) is 11.8. The summed E-state index contributed by atoms with van der Waals surface area (Å²) in [5.74, 6) is -0.163. The largest absolute Gasteiger partial charge is 0.281 e. The van der Waals surface area contributed by atoms with Crippen LogP contribution in [0.1, 0.15) is 20.8 Å². The van der Waals surface area contributed by atoms with E-state index in [1.54, 1.807) is 6.07 Å². The Kier molecular flexibility index (Phi) is 5.53. The standard InChI is InChI=1S/C20H18N2OS/c23-20(19-12-7-13-24-19)22-21-18(14-16-8-3-1-4-9-16)15-17-10-5-2-6-11-17/h1-13H,14-15H2,(H,22,23). The van der Waals surface area contributed by atoms with Crippen molar-refractivity contribution < 1.29 is 4.79 Å². The lowest BCUT2D eigenvalue weighted by molar-refractivity contribution is 0.0958. The molecule has 0 saturated heterocycles. The molecule has 0 saturated carbocycles. The predicted octanol–water partition coefficient (Wildman–Crippen LogP) is 4.32. The van der Waals surface area contributed by atoms with Crippen molar-refractivity contribution in [2.75, 3.05) is 0 Å². The third-order valence-electron chi connectivity index (χ3n) is 3.56. The van der Waals surface area contributed by atoms with Crippen molar-refractivity contribution >= 4 is 23.0 Å². The Morgan fingerprint density at radius 1 is 0.833 bits per heavy atom. The molecular weight excluding hydrogens is 316 g/mol. The van der Waals surface area contributed by atoms with Gasteiger partial charge in [0.2, 0.25) is 0 Å². The summed E-state index contributed by atoms with van der Waals surface area (Å²) in [6, 6.07) is 24.0. The molecule has 120 valence electrons. The SMILES string of the molecule is O=C(NN=C(Cc1ccccc1)Cc1ccccc1)c1cccs1. The number of benzene rings is 2. The highest BCUT2D eigenvalue weighted by Crippen LogP contribution is 2.09. The lowest BCUT2D eigenvalue weighted by Gasteiger charge is -2.08. The van der Waals surface area contributed by atoms with Gasteiger partial charge in [-0.25, -0.2) is 5.43 Å². The third-order valence-corrected chi connectivity index (χ3v) is 4.43. The van der Waals surface area contributed by atoms with Crippen LogP contribution in [0.15, 0.2) is 83.3 Å². The summed E-state index contributed by atoms with van der Waals surface area (Å²) in [5, 5.41) is 6.28. The smallest absolute Gasteiger partial charge is 0.266 e. The molecule has 1 N–H and O–H groups in total. The first kappa shape index (κ1) is 16.1. The summed E-state index contributed by atoms with van der Waals surface area (Å²) in [4.78, 5) is 12.8. The number of rotatable bonds is 6. The van der Waals surface area contributed by atoms with E-state index in [1.165, 1.54) is 22.5 Å². The maximum absolute atomic E-state index is 12.1. The Hall–Kier alpha value is -2.72. The molecule has 0 aliphatic heterocycles. The highest BCUT2D eigenvalue weighted by molar-refractivity contribution is 7.12. The highest BCUT2D eigenvalue weighted by Gasteiger charge is 2.08. The van der Waals surface area contributed by atoms with E-state index < -0.39 is 0 Å². The maximum Gasteiger partial charge on any atom is 0.281 e. The van der Waals surface area contributed by atoms with E-state index in [-0.39, 0.29) is 5.91 Å². The molecule has 1 heterocycles. The second-order valence-electron chi connectivity index (χ2n) is 5.42. The first-order valence-electron chi connectivity index (χ1n) is 7.78. The summed E-state index contributed by atoms with van der Waals surface area (Å²) in [6.07, 6.45) is 1.42. The molecule has 0 bridgehead atoms. The topological polar surface area (TPSA) is 41.5 Å². The zero-order valence-corrected chi connectivity index (χ0v) is 14.0. The van der Waals surface area contributed by atoms with E-state index in [1.807, 2.05) is 47.8 Å². The number of hydrogen-bond donors (Lipinski definition) is 1. The molecule has 0 unspecified atom stereocenters. The third kappa shape index (κ3) is 4.64. The van der Waals surface area contributed by atoms with E-state index in [2.05, 4.69) is 34.8 Å². The molecule has 4 heteroatoms. The van der Waals surface area contributed by atoms with Crippen molar-refractivity contribution in [3.8, 4) is 0 Å². The van der Waals surface area contributed by atoms with Crippen LogP contribution in [0.2, 0.25) is 0 Å². The van der Waals surface area contributed by atoms with E-state index in [4.69, 9.17) is 0 Å². The zero-order valence-electron chi connectivity index (χ0n) is 13.2. The summed E-state index contributed by atoms with van der Waals surface area (Å²) >= 11 is 1.41. The van der Waals surface area contributed by atoms with Crippen LogP contribution in [-0.2, 0) is 12.8 Å². The number of carbonyl (C=O) groups excluding carboxylic acids is 1. The minimum atomic E-state index is -0.163. The van der Waals surface area contributed by atoms with Gasteiger partial charge in [0.05, 0.1) is 4.88 Å². The molecule has 0 atom stereocenters. The lowest BCUT2D eigenvalue weighted by Crippen LogP contribution is -2.20. The van der Waals surface area contributed by atoms with Crippen LogP contribution in [0.4, 0.5) is 0 Å². The van der Waals surface area contributed by atoms with Gasteiger partial charge in [0, 0.05) is 18.6 Å². The van der Waals surface area contributed by atoms with Crippen molar-refractivity contribution in [3.63, 3.8) is 0 Å². The van der Waals surface area contributed by atoms with Crippen LogP contribution in [0.5, 0.6) is 0 Å². The number of nitrogens with one attached hydrogen (secondary N) is 1. The summed E-state index contributed by atoms with van der Waals surface area (Å²) < 4.78 is 0. The molecule has 1 amide bonds. The summed E-state index contributed by atoms with van der Waals surface area (Å²) in [6.45, 7) is 0. The zero-order chi connectivity index (χ0) is 16.6. The Morgan fingerprint density at radius 3 is 1.92 bits per heavy atom.